The van der Waals surface area contributed by atoms with Gasteiger partial charge in [-0.05, 0) is 34.0 Å². The molecule has 0 radical (unpaired) electrons. The maximum absolute atomic E-state index is 12.3. The van der Waals surface area contributed by atoms with Crippen molar-refractivity contribution in [2.45, 2.75) is 19.9 Å². The molecule has 0 aliphatic heterocycles. The predicted octanol–water partition coefficient (Wildman–Crippen LogP) is 1.96. The Hall–Kier alpha value is -2.22. The molecule has 0 saturated carbocycles. The standard InChI is InChI=1S/C14H16BrN5O2/c1-8(2)11(13(22)19-14-16-7-17-20-14)18-12(21)9-5-3-4-6-10(9)15/h3-8,11H,1-2H3,(H,18,21)(H2,16,17,19,20,22)/t11-/m1/s1. The molecule has 0 aliphatic rings. The lowest BCUT2D eigenvalue weighted by Crippen LogP contribution is -2.47. The summed E-state index contributed by atoms with van der Waals surface area (Å²) in [6, 6.07) is 6.35. The van der Waals surface area contributed by atoms with Crippen LogP contribution >= 0.6 is 15.9 Å². The normalized spacial score (nSPS) is 12.0. The Bertz CT molecular complexity index is 657. The number of benzene rings is 1. The van der Waals surface area contributed by atoms with Crippen LogP contribution in [0.4, 0.5) is 5.95 Å². The van der Waals surface area contributed by atoms with Crippen LogP contribution in [0.1, 0.15) is 24.2 Å². The minimum atomic E-state index is -0.690. The molecule has 0 aliphatic carbocycles. The van der Waals surface area contributed by atoms with Crippen LogP contribution in [0.25, 0.3) is 0 Å². The maximum Gasteiger partial charge on any atom is 0.253 e. The predicted molar refractivity (Wildman–Crippen MR) is 85.2 cm³/mol. The second-order valence-electron chi connectivity index (χ2n) is 5.00. The number of nitrogens with one attached hydrogen (secondary N) is 3. The molecule has 0 bridgehead atoms. The van der Waals surface area contributed by atoms with E-state index in [0.29, 0.717) is 10.0 Å². The van der Waals surface area contributed by atoms with E-state index in [4.69, 9.17) is 0 Å². The van der Waals surface area contributed by atoms with Gasteiger partial charge in [0, 0.05) is 4.47 Å². The summed E-state index contributed by atoms with van der Waals surface area (Å²) >= 11 is 3.32. The fraction of sp³-hybridized carbons (Fsp3) is 0.286. The second kappa shape index (κ2) is 7.17. The maximum atomic E-state index is 12.3. The Balaban J connectivity index is 2.10. The molecular weight excluding hydrogens is 350 g/mol. The topological polar surface area (TPSA) is 99.8 Å². The molecule has 116 valence electrons. The first kappa shape index (κ1) is 16.2. The van der Waals surface area contributed by atoms with Gasteiger partial charge in [-0.25, -0.2) is 5.10 Å². The van der Waals surface area contributed by atoms with Gasteiger partial charge in [-0.1, -0.05) is 26.0 Å². The van der Waals surface area contributed by atoms with E-state index in [1.807, 2.05) is 19.9 Å². The zero-order valence-corrected chi connectivity index (χ0v) is 13.7. The summed E-state index contributed by atoms with van der Waals surface area (Å²) in [7, 11) is 0. The average Bonchev–Trinajstić information content (AvgIpc) is 2.97. The van der Waals surface area contributed by atoms with Crippen molar-refractivity contribution in [1.29, 1.82) is 0 Å². The smallest absolute Gasteiger partial charge is 0.253 e. The highest BCUT2D eigenvalue weighted by atomic mass is 79.9. The monoisotopic (exact) mass is 365 g/mol. The molecule has 22 heavy (non-hydrogen) atoms. The fourth-order valence-electron chi connectivity index (χ4n) is 1.86. The van der Waals surface area contributed by atoms with Gasteiger partial charge in [0.1, 0.15) is 12.4 Å². The molecule has 0 unspecified atom stereocenters. The van der Waals surface area contributed by atoms with Crippen molar-refractivity contribution in [1.82, 2.24) is 20.5 Å². The Morgan fingerprint density at radius 2 is 2.00 bits per heavy atom. The molecule has 3 N–H and O–H groups in total. The molecule has 7 nitrogen and oxygen atoms in total. The van der Waals surface area contributed by atoms with Gasteiger partial charge < -0.3 is 5.32 Å². The van der Waals surface area contributed by atoms with E-state index in [2.05, 4.69) is 41.7 Å². The van der Waals surface area contributed by atoms with Crippen molar-refractivity contribution in [3.63, 3.8) is 0 Å². The van der Waals surface area contributed by atoms with Crippen molar-refractivity contribution in [3.8, 4) is 0 Å². The Morgan fingerprint density at radius 3 is 2.59 bits per heavy atom. The summed E-state index contributed by atoms with van der Waals surface area (Å²) in [6.45, 7) is 3.70. The number of rotatable bonds is 5. The highest BCUT2D eigenvalue weighted by molar-refractivity contribution is 9.10. The summed E-state index contributed by atoms with van der Waals surface area (Å²) in [5.74, 6) is -0.522. The van der Waals surface area contributed by atoms with E-state index in [1.54, 1.807) is 18.2 Å². The van der Waals surface area contributed by atoms with Gasteiger partial charge in [0.25, 0.3) is 5.91 Å². The number of nitrogens with zero attached hydrogens (tertiary/aromatic N) is 2. The van der Waals surface area contributed by atoms with Gasteiger partial charge in [0.2, 0.25) is 11.9 Å². The zero-order chi connectivity index (χ0) is 16.1. The minimum Gasteiger partial charge on any atom is -0.340 e. The quantitative estimate of drug-likeness (QED) is 0.753. The van der Waals surface area contributed by atoms with Gasteiger partial charge in [0.05, 0.1) is 5.56 Å². The largest absolute Gasteiger partial charge is 0.340 e. The first-order chi connectivity index (χ1) is 10.5. The molecule has 1 heterocycles. The third-order valence-electron chi connectivity index (χ3n) is 3.01. The number of hydrogen-bond acceptors (Lipinski definition) is 4. The molecule has 1 atom stereocenters. The highest BCUT2D eigenvalue weighted by Gasteiger charge is 2.25. The van der Waals surface area contributed by atoms with E-state index in [0.717, 1.165) is 0 Å². The molecule has 2 aromatic rings. The summed E-state index contributed by atoms with van der Waals surface area (Å²) < 4.78 is 0.672. The number of hydrogen-bond donors (Lipinski definition) is 3. The highest BCUT2D eigenvalue weighted by Crippen LogP contribution is 2.16. The Morgan fingerprint density at radius 1 is 1.27 bits per heavy atom. The molecular formula is C14H16BrN5O2. The van der Waals surface area contributed by atoms with Crippen LogP contribution in [-0.2, 0) is 4.79 Å². The number of aromatic amines is 1. The van der Waals surface area contributed by atoms with Crippen LogP contribution in [0.15, 0.2) is 35.1 Å². The van der Waals surface area contributed by atoms with Crippen LogP contribution in [0.2, 0.25) is 0 Å². The lowest BCUT2D eigenvalue weighted by molar-refractivity contribution is -0.118. The van der Waals surface area contributed by atoms with E-state index in [9.17, 15) is 9.59 Å². The molecule has 8 heteroatoms. The molecule has 0 spiro atoms. The van der Waals surface area contributed by atoms with E-state index in [-0.39, 0.29) is 23.7 Å². The molecule has 1 aromatic heterocycles. The third-order valence-corrected chi connectivity index (χ3v) is 3.70. The number of halogens is 1. The number of anilines is 1. The van der Waals surface area contributed by atoms with Crippen molar-refractivity contribution in [2.24, 2.45) is 5.92 Å². The van der Waals surface area contributed by atoms with Crippen LogP contribution in [0, 0.1) is 5.92 Å². The zero-order valence-electron chi connectivity index (χ0n) is 12.1. The fourth-order valence-corrected chi connectivity index (χ4v) is 2.32. The number of carbonyl (C=O) groups excluding carboxylic acids is 2. The first-order valence-electron chi connectivity index (χ1n) is 6.70. The van der Waals surface area contributed by atoms with Crippen molar-refractivity contribution < 1.29 is 9.59 Å². The van der Waals surface area contributed by atoms with Gasteiger partial charge in [-0.3, -0.25) is 14.9 Å². The number of H-pyrrole nitrogens is 1. The van der Waals surface area contributed by atoms with Crippen molar-refractivity contribution in [2.75, 3.05) is 5.32 Å². The summed E-state index contributed by atoms with van der Waals surface area (Å²) in [5, 5.41) is 11.5. The Labute approximate surface area is 136 Å². The molecule has 2 amide bonds. The summed E-state index contributed by atoms with van der Waals surface area (Å²) in [4.78, 5) is 28.4. The van der Waals surface area contributed by atoms with Crippen LogP contribution in [-0.4, -0.2) is 33.0 Å². The van der Waals surface area contributed by atoms with Gasteiger partial charge in [-0.2, -0.15) is 10.1 Å². The number of aromatic nitrogens is 3. The van der Waals surface area contributed by atoms with E-state index in [1.165, 1.54) is 6.33 Å². The molecule has 0 saturated heterocycles. The molecule has 0 fully saturated rings. The van der Waals surface area contributed by atoms with Crippen molar-refractivity contribution in [3.05, 3.63) is 40.6 Å². The van der Waals surface area contributed by atoms with Crippen LogP contribution < -0.4 is 10.6 Å². The van der Waals surface area contributed by atoms with E-state index < -0.39 is 6.04 Å². The van der Waals surface area contributed by atoms with E-state index >= 15 is 0 Å². The average molecular weight is 366 g/mol. The van der Waals surface area contributed by atoms with Gasteiger partial charge >= 0.3 is 0 Å². The molecule has 1 aromatic carbocycles. The van der Waals surface area contributed by atoms with Gasteiger partial charge in [-0.15, -0.1) is 0 Å². The Kier molecular flexibility index (Phi) is 5.26. The van der Waals surface area contributed by atoms with Gasteiger partial charge in [0.15, 0.2) is 0 Å². The van der Waals surface area contributed by atoms with Crippen LogP contribution in [0.3, 0.4) is 0 Å². The first-order valence-corrected chi connectivity index (χ1v) is 7.50. The summed E-state index contributed by atoms with van der Waals surface area (Å²) in [6.07, 6.45) is 1.29. The summed E-state index contributed by atoms with van der Waals surface area (Å²) in [5.41, 5.74) is 0.473. The SMILES string of the molecule is CC(C)[C@@H](NC(=O)c1ccccc1Br)C(=O)Nc1ncn[nH]1. The van der Waals surface area contributed by atoms with Crippen molar-refractivity contribution >= 4 is 33.7 Å². The number of amides is 2. The number of carbonyl (C=O) groups is 2. The third kappa shape index (κ3) is 3.91. The minimum absolute atomic E-state index is 0.0886. The second-order valence-corrected chi connectivity index (χ2v) is 5.85. The molecule has 2 rings (SSSR count). The lowest BCUT2D eigenvalue weighted by atomic mass is 10.0. The van der Waals surface area contributed by atoms with Crippen LogP contribution in [0.5, 0.6) is 0 Å². The lowest BCUT2D eigenvalue weighted by Gasteiger charge is -2.21.